The highest BCUT2D eigenvalue weighted by atomic mass is 35.5. The van der Waals surface area contributed by atoms with E-state index >= 15 is 0 Å². The van der Waals surface area contributed by atoms with Gasteiger partial charge in [-0.2, -0.15) is 0 Å². The molecule has 0 amide bonds. The lowest BCUT2D eigenvalue weighted by Crippen LogP contribution is -2.12. The first-order chi connectivity index (χ1) is 6.42. The minimum absolute atomic E-state index is 0.179. The molecule has 1 rings (SSSR count). The average molecular weight is 233 g/mol. The van der Waals surface area contributed by atoms with E-state index in [4.69, 9.17) is 23.2 Å². The van der Waals surface area contributed by atoms with E-state index < -0.39 is 0 Å². The lowest BCUT2D eigenvalue weighted by atomic mass is 9.89. The summed E-state index contributed by atoms with van der Waals surface area (Å²) in [7, 11) is 0. The van der Waals surface area contributed by atoms with Crippen molar-refractivity contribution in [2.24, 2.45) is 5.41 Å². The first-order valence-electron chi connectivity index (χ1n) is 4.48. The van der Waals surface area contributed by atoms with E-state index in [1.807, 2.05) is 0 Å². The normalized spacial score (nSPS) is 11.8. The van der Waals surface area contributed by atoms with Crippen LogP contribution in [0.5, 0.6) is 0 Å². The standard InChI is InChI=1S/C10H14Cl2N2/c1-10(2,3)4-8-7(5-11)6-13-9(12)14-8/h6H,4-5H2,1-3H3. The van der Waals surface area contributed by atoms with Gasteiger partial charge in [0.1, 0.15) is 0 Å². The van der Waals surface area contributed by atoms with Crippen molar-refractivity contribution in [2.75, 3.05) is 0 Å². The highest BCUT2D eigenvalue weighted by molar-refractivity contribution is 6.28. The van der Waals surface area contributed by atoms with E-state index in [0.29, 0.717) is 5.88 Å². The maximum Gasteiger partial charge on any atom is 0.222 e. The van der Waals surface area contributed by atoms with Crippen LogP contribution in [0.2, 0.25) is 5.28 Å². The summed E-state index contributed by atoms with van der Waals surface area (Å²) in [5.41, 5.74) is 2.09. The zero-order chi connectivity index (χ0) is 10.8. The number of halogens is 2. The molecule has 0 atom stereocenters. The average Bonchev–Trinajstić information content (AvgIpc) is 2.01. The van der Waals surface area contributed by atoms with Crippen LogP contribution in [-0.4, -0.2) is 9.97 Å². The molecule has 0 radical (unpaired) electrons. The van der Waals surface area contributed by atoms with Gasteiger partial charge in [0.15, 0.2) is 0 Å². The van der Waals surface area contributed by atoms with Gasteiger partial charge in [-0.05, 0) is 23.4 Å². The molecule has 0 aliphatic heterocycles. The van der Waals surface area contributed by atoms with E-state index in [-0.39, 0.29) is 10.7 Å². The third-order valence-electron chi connectivity index (χ3n) is 1.77. The monoisotopic (exact) mass is 232 g/mol. The summed E-state index contributed by atoms with van der Waals surface area (Å²) in [6.07, 6.45) is 2.56. The zero-order valence-electron chi connectivity index (χ0n) is 8.64. The Morgan fingerprint density at radius 1 is 1.36 bits per heavy atom. The Hall–Kier alpha value is -0.340. The molecule has 0 bridgehead atoms. The van der Waals surface area contributed by atoms with Crippen LogP contribution in [0, 0.1) is 5.41 Å². The summed E-state index contributed by atoms with van der Waals surface area (Å²) in [4.78, 5) is 8.11. The topological polar surface area (TPSA) is 25.8 Å². The molecular formula is C10H14Cl2N2. The second-order valence-electron chi connectivity index (χ2n) is 4.48. The molecule has 0 N–H and O–H groups in total. The fraction of sp³-hybridized carbons (Fsp3) is 0.600. The maximum atomic E-state index is 5.79. The summed E-state index contributed by atoms with van der Waals surface area (Å²) < 4.78 is 0. The Morgan fingerprint density at radius 2 is 2.00 bits per heavy atom. The SMILES string of the molecule is CC(C)(C)Cc1nc(Cl)ncc1CCl. The molecule has 0 aliphatic rings. The maximum absolute atomic E-state index is 5.79. The lowest BCUT2D eigenvalue weighted by Gasteiger charge is -2.18. The van der Waals surface area contributed by atoms with Crippen molar-refractivity contribution in [1.82, 2.24) is 9.97 Å². The number of aromatic nitrogens is 2. The van der Waals surface area contributed by atoms with Crippen molar-refractivity contribution >= 4 is 23.2 Å². The van der Waals surface area contributed by atoms with Gasteiger partial charge in [-0.1, -0.05) is 20.8 Å². The highest BCUT2D eigenvalue weighted by Crippen LogP contribution is 2.22. The summed E-state index contributed by atoms with van der Waals surface area (Å²) in [5, 5.41) is 0.290. The molecule has 0 saturated carbocycles. The molecule has 14 heavy (non-hydrogen) atoms. The molecule has 4 heteroatoms. The van der Waals surface area contributed by atoms with Gasteiger partial charge >= 0.3 is 0 Å². The molecule has 0 aromatic carbocycles. The van der Waals surface area contributed by atoms with Crippen molar-refractivity contribution in [3.63, 3.8) is 0 Å². The molecule has 1 aromatic rings. The minimum atomic E-state index is 0.179. The van der Waals surface area contributed by atoms with Gasteiger partial charge in [0.2, 0.25) is 5.28 Å². The Bertz CT molecular complexity index is 318. The Balaban J connectivity index is 2.99. The fourth-order valence-corrected chi connectivity index (χ4v) is 1.56. The van der Waals surface area contributed by atoms with Crippen LogP contribution < -0.4 is 0 Å². The van der Waals surface area contributed by atoms with Crippen LogP contribution in [0.4, 0.5) is 0 Å². The van der Waals surface area contributed by atoms with Gasteiger partial charge < -0.3 is 0 Å². The third kappa shape index (κ3) is 3.43. The third-order valence-corrected chi connectivity index (χ3v) is 2.24. The van der Waals surface area contributed by atoms with Gasteiger partial charge in [0.25, 0.3) is 0 Å². The molecule has 1 heterocycles. The first-order valence-corrected chi connectivity index (χ1v) is 5.40. The Labute approximate surface area is 94.7 Å². The summed E-state index contributed by atoms with van der Waals surface area (Å²) in [6.45, 7) is 6.46. The number of nitrogens with zero attached hydrogens (tertiary/aromatic N) is 2. The van der Waals surface area contributed by atoms with Gasteiger partial charge in [-0.3, -0.25) is 0 Å². The largest absolute Gasteiger partial charge is 0.226 e. The van der Waals surface area contributed by atoms with E-state index in [1.165, 1.54) is 0 Å². The van der Waals surface area contributed by atoms with Gasteiger partial charge in [0.05, 0.1) is 11.6 Å². The number of hydrogen-bond donors (Lipinski definition) is 0. The van der Waals surface area contributed by atoms with E-state index in [2.05, 4.69) is 30.7 Å². The molecule has 0 spiro atoms. The predicted molar refractivity (Wildman–Crippen MR) is 59.8 cm³/mol. The van der Waals surface area contributed by atoms with Crippen molar-refractivity contribution in [1.29, 1.82) is 0 Å². The minimum Gasteiger partial charge on any atom is -0.226 e. The van der Waals surface area contributed by atoms with Crippen molar-refractivity contribution in [3.8, 4) is 0 Å². The Kier molecular flexibility index (Phi) is 3.73. The number of alkyl halides is 1. The number of rotatable bonds is 2. The molecule has 0 saturated heterocycles. The zero-order valence-corrected chi connectivity index (χ0v) is 10.2. The number of hydrogen-bond acceptors (Lipinski definition) is 2. The lowest BCUT2D eigenvalue weighted by molar-refractivity contribution is 0.405. The highest BCUT2D eigenvalue weighted by Gasteiger charge is 2.15. The fourth-order valence-electron chi connectivity index (χ4n) is 1.18. The molecule has 78 valence electrons. The first kappa shape index (κ1) is 11.7. The molecule has 0 fully saturated rings. The molecule has 0 unspecified atom stereocenters. The van der Waals surface area contributed by atoms with Crippen molar-refractivity contribution in [3.05, 3.63) is 22.7 Å². The van der Waals surface area contributed by atoms with E-state index in [0.717, 1.165) is 17.7 Å². The van der Waals surface area contributed by atoms with Crippen LogP contribution >= 0.6 is 23.2 Å². The van der Waals surface area contributed by atoms with Crippen molar-refractivity contribution < 1.29 is 0 Å². The van der Waals surface area contributed by atoms with Crippen LogP contribution in [0.25, 0.3) is 0 Å². The smallest absolute Gasteiger partial charge is 0.222 e. The summed E-state index contributed by atoms with van der Waals surface area (Å²) in [5.74, 6) is 0.433. The van der Waals surface area contributed by atoms with Crippen LogP contribution in [0.3, 0.4) is 0 Å². The van der Waals surface area contributed by atoms with E-state index in [1.54, 1.807) is 6.20 Å². The quantitative estimate of drug-likeness (QED) is 0.577. The van der Waals surface area contributed by atoms with Gasteiger partial charge in [0, 0.05) is 11.8 Å². The second kappa shape index (κ2) is 4.45. The summed E-state index contributed by atoms with van der Waals surface area (Å²) in [6, 6.07) is 0. The molecule has 1 aromatic heterocycles. The van der Waals surface area contributed by atoms with Gasteiger partial charge in [-0.25, -0.2) is 9.97 Å². The van der Waals surface area contributed by atoms with Crippen molar-refractivity contribution in [2.45, 2.75) is 33.1 Å². The Morgan fingerprint density at radius 3 is 2.50 bits per heavy atom. The molecule has 0 aliphatic carbocycles. The summed E-state index contributed by atoms with van der Waals surface area (Å²) >= 11 is 11.5. The molecular weight excluding hydrogens is 219 g/mol. The second-order valence-corrected chi connectivity index (χ2v) is 5.09. The van der Waals surface area contributed by atoms with E-state index in [9.17, 15) is 0 Å². The van der Waals surface area contributed by atoms with Gasteiger partial charge in [-0.15, -0.1) is 11.6 Å². The van der Waals surface area contributed by atoms with Crippen LogP contribution in [-0.2, 0) is 12.3 Å². The van der Waals surface area contributed by atoms with Crippen LogP contribution in [0.15, 0.2) is 6.20 Å². The molecule has 2 nitrogen and oxygen atoms in total. The van der Waals surface area contributed by atoms with Crippen LogP contribution in [0.1, 0.15) is 32.0 Å². The predicted octanol–water partition coefficient (Wildman–Crippen LogP) is 3.46.